The number of hydrogen-bond donors (Lipinski definition) is 2. The lowest BCUT2D eigenvalue weighted by atomic mass is 10.1. The topological polar surface area (TPSA) is 35.5 Å². The molecule has 1 fully saturated rings. The van der Waals surface area contributed by atoms with Crippen LogP contribution in [-0.4, -0.2) is 35.2 Å². The van der Waals surface area contributed by atoms with E-state index in [0.29, 0.717) is 12.1 Å². The number of benzene rings is 2. The van der Waals surface area contributed by atoms with Gasteiger partial charge in [0.15, 0.2) is 0 Å². The highest BCUT2D eigenvalue weighted by molar-refractivity contribution is 5.34. The molecule has 2 aromatic carbocycles. The van der Waals surface area contributed by atoms with E-state index in [2.05, 4.69) is 64.8 Å². The Hall–Kier alpha value is -1.68. The molecule has 2 N–H and O–H groups in total. The lowest BCUT2D eigenvalue weighted by Gasteiger charge is -2.26. The highest BCUT2D eigenvalue weighted by Gasteiger charge is 2.31. The Kier molecular flexibility index (Phi) is 4.65. The summed E-state index contributed by atoms with van der Waals surface area (Å²) in [7, 11) is 0. The molecule has 0 radical (unpaired) electrons. The smallest absolute Gasteiger partial charge is 0.0682 e. The van der Waals surface area contributed by atoms with Gasteiger partial charge in [-0.2, -0.15) is 0 Å². The van der Waals surface area contributed by atoms with Crippen molar-refractivity contribution < 1.29 is 5.11 Å². The fourth-order valence-corrected chi connectivity index (χ4v) is 4.23. The van der Waals surface area contributed by atoms with Gasteiger partial charge in [-0.05, 0) is 36.0 Å². The van der Waals surface area contributed by atoms with Gasteiger partial charge in [-0.25, -0.2) is 0 Å². The second-order valence-electron chi connectivity index (χ2n) is 7.16. The van der Waals surface area contributed by atoms with E-state index in [1.807, 2.05) is 0 Å². The molecule has 3 unspecified atom stereocenters. The van der Waals surface area contributed by atoms with E-state index in [1.54, 1.807) is 0 Å². The third-order valence-corrected chi connectivity index (χ3v) is 5.47. The predicted molar refractivity (Wildman–Crippen MR) is 96.8 cm³/mol. The number of β-amino-alcohol motifs (C(OH)–C–C–N with tert-alkyl or cyclic N) is 1. The van der Waals surface area contributed by atoms with Crippen LogP contribution in [0.1, 0.15) is 35.6 Å². The molecule has 2 aliphatic rings. The molecule has 0 amide bonds. The highest BCUT2D eigenvalue weighted by atomic mass is 16.3. The van der Waals surface area contributed by atoms with Gasteiger partial charge in [0.2, 0.25) is 0 Å². The summed E-state index contributed by atoms with van der Waals surface area (Å²) in [6.45, 7) is 2.65. The summed E-state index contributed by atoms with van der Waals surface area (Å²) < 4.78 is 0. The molecule has 1 saturated heterocycles. The molecule has 3 atom stereocenters. The minimum atomic E-state index is -0.198. The number of nitrogens with one attached hydrogen (secondary N) is 1. The molecule has 0 aromatic heterocycles. The molecule has 1 aliphatic carbocycles. The molecule has 24 heavy (non-hydrogen) atoms. The summed E-state index contributed by atoms with van der Waals surface area (Å²) in [5, 5.41) is 13.9. The lowest BCUT2D eigenvalue weighted by molar-refractivity contribution is 0.172. The first-order chi connectivity index (χ1) is 11.8. The van der Waals surface area contributed by atoms with Gasteiger partial charge in [0.25, 0.3) is 0 Å². The molecule has 0 bridgehead atoms. The summed E-state index contributed by atoms with van der Waals surface area (Å²) in [4.78, 5) is 2.42. The molecule has 0 spiro atoms. The van der Waals surface area contributed by atoms with Crippen LogP contribution in [0.2, 0.25) is 0 Å². The summed E-state index contributed by atoms with van der Waals surface area (Å²) in [5.74, 6) is 0. The number of aliphatic hydroxyl groups is 1. The van der Waals surface area contributed by atoms with Gasteiger partial charge < -0.3 is 10.4 Å². The summed E-state index contributed by atoms with van der Waals surface area (Å²) >= 11 is 0. The second kappa shape index (κ2) is 7.06. The van der Waals surface area contributed by atoms with Crippen LogP contribution in [0.4, 0.5) is 0 Å². The average Bonchev–Trinajstić information content (AvgIpc) is 3.17. The van der Waals surface area contributed by atoms with Crippen LogP contribution in [0.3, 0.4) is 0 Å². The van der Waals surface area contributed by atoms with Gasteiger partial charge in [0.1, 0.15) is 0 Å². The molecular weight excluding hydrogens is 296 g/mol. The Bertz CT molecular complexity index is 673. The van der Waals surface area contributed by atoms with Crippen LogP contribution in [0.15, 0.2) is 54.6 Å². The monoisotopic (exact) mass is 322 g/mol. The Morgan fingerprint density at radius 3 is 2.71 bits per heavy atom. The van der Waals surface area contributed by atoms with Crippen molar-refractivity contribution >= 4 is 0 Å². The van der Waals surface area contributed by atoms with Crippen LogP contribution < -0.4 is 5.32 Å². The van der Waals surface area contributed by atoms with Crippen molar-refractivity contribution in [1.82, 2.24) is 10.2 Å². The second-order valence-corrected chi connectivity index (χ2v) is 7.16. The molecule has 2 aromatic rings. The Morgan fingerprint density at radius 1 is 1.04 bits per heavy atom. The summed E-state index contributed by atoms with van der Waals surface area (Å²) in [5.41, 5.74) is 4.27. The summed E-state index contributed by atoms with van der Waals surface area (Å²) in [6.07, 6.45) is 3.03. The molecule has 126 valence electrons. The Morgan fingerprint density at radius 2 is 1.83 bits per heavy atom. The van der Waals surface area contributed by atoms with E-state index in [9.17, 15) is 5.11 Å². The van der Waals surface area contributed by atoms with Crippen molar-refractivity contribution in [3.63, 3.8) is 0 Å². The number of rotatable bonds is 5. The SMILES string of the molecule is OC1CC(CNC2CCc3ccccc32)N(Cc2ccccc2)C1. The zero-order chi connectivity index (χ0) is 16.4. The maximum atomic E-state index is 10.1. The number of aliphatic hydroxyl groups excluding tert-OH is 1. The number of hydrogen-bond acceptors (Lipinski definition) is 3. The van der Waals surface area contributed by atoms with Gasteiger partial charge in [-0.15, -0.1) is 0 Å². The van der Waals surface area contributed by atoms with Crippen molar-refractivity contribution in [1.29, 1.82) is 0 Å². The third kappa shape index (κ3) is 3.39. The first kappa shape index (κ1) is 15.8. The van der Waals surface area contributed by atoms with Crippen molar-refractivity contribution in [2.45, 2.75) is 44.0 Å². The number of fused-ring (bicyclic) bond motifs is 1. The van der Waals surface area contributed by atoms with Crippen molar-refractivity contribution in [2.75, 3.05) is 13.1 Å². The fraction of sp³-hybridized carbons (Fsp3) is 0.429. The molecular formula is C21H26N2O. The van der Waals surface area contributed by atoms with Crippen LogP contribution >= 0.6 is 0 Å². The van der Waals surface area contributed by atoms with Crippen LogP contribution in [0.5, 0.6) is 0 Å². The molecule has 4 rings (SSSR count). The first-order valence-corrected chi connectivity index (χ1v) is 9.07. The van der Waals surface area contributed by atoms with Gasteiger partial charge in [0, 0.05) is 31.7 Å². The van der Waals surface area contributed by atoms with Crippen LogP contribution in [0.25, 0.3) is 0 Å². The van der Waals surface area contributed by atoms with E-state index in [4.69, 9.17) is 0 Å². The van der Waals surface area contributed by atoms with E-state index < -0.39 is 0 Å². The van der Waals surface area contributed by atoms with Gasteiger partial charge in [0.05, 0.1) is 6.10 Å². The molecule has 3 heteroatoms. The zero-order valence-corrected chi connectivity index (χ0v) is 14.1. The number of likely N-dealkylation sites (tertiary alicyclic amines) is 1. The molecule has 1 aliphatic heterocycles. The summed E-state index contributed by atoms with van der Waals surface area (Å²) in [6, 6.07) is 20.2. The number of nitrogens with zero attached hydrogens (tertiary/aromatic N) is 1. The Balaban J connectivity index is 1.38. The van der Waals surface area contributed by atoms with E-state index in [1.165, 1.54) is 29.5 Å². The van der Waals surface area contributed by atoms with Crippen LogP contribution in [-0.2, 0) is 13.0 Å². The van der Waals surface area contributed by atoms with Crippen molar-refractivity contribution in [2.24, 2.45) is 0 Å². The molecule has 1 heterocycles. The van der Waals surface area contributed by atoms with E-state index in [-0.39, 0.29) is 6.10 Å². The van der Waals surface area contributed by atoms with Gasteiger partial charge >= 0.3 is 0 Å². The van der Waals surface area contributed by atoms with Gasteiger partial charge in [-0.1, -0.05) is 54.6 Å². The lowest BCUT2D eigenvalue weighted by Crippen LogP contribution is -2.38. The highest BCUT2D eigenvalue weighted by Crippen LogP contribution is 2.31. The zero-order valence-electron chi connectivity index (χ0n) is 14.1. The standard InChI is InChI=1S/C21H26N2O/c24-19-12-18(23(15-19)14-16-6-2-1-3-7-16)13-22-21-11-10-17-8-4-5-9-20(17)21/h1-9,18-19,21-22,24H,10-15H2. The Labute approximate surface area is 144 Å². The third-order valence-electron chi connectivity index (χ3n) is 5.47. The largest absolute Gasteiger partial charge is 0.392 e. The maximum absolute atomic E-state index is 10.1. The van der Waals surface area contributed by atoms with E-state index >= 15 is 0 Å². The minimum absolute atomic E-state index is 0.198. The van der Waals surface area contributed by atoms with E-state index in [0.717, 1.165) is 26.1 Å². The molecule has 0 saturated carbocycles. The minimum Gasteiger partial charge on any atom is -0.392 e. The van der Waals surface area contributed by atoms with Crippen molar-refractivity contribution in [3.05, 3.63) is 71.3 Å². The quantitative estimate of drug-likeness (QED) is 0.888. The van der Waals surface area contributed by atoms with Crippen molar-refractivity contribution in [3.8, 4) is 0 Å². The fourth-order valence-electron chi connectivity index (χ4n) is 4.23. The van der Waals surface area contributed by atoms with Crippen LogP contribution in [0, 0.1) is 0 Å². The predicted octanol–water partition coefficient (Wildman–Crippen LogP) is 2.90. The maximum Gasteiger partial charge on any atom is 0.0682 e. The molecule has 3 nitrogen and oxygen atoms in total. The average molecular weight is 322 g/mol. The van der Waals surface area contributed by atoms with Gasteiger partial charge in [-0.3, -0.25) is 4.90 Å². The normalized spacial score (nSPS) is 26.6. The number of aryl methyl sites for hydroxylation is 1. The first-order valence-electron chi connectivity index (χ1n) is 9.07.